The van der Waals surface area contributed by atoms with Crippen LogP contribution in [-0.2, 0) is 24.0 Å². The van der Waals surface area contributed by atoms with E-state index in [2.05, 4.69) is 16.0 Å². The molecule has 4 amide bonds. The monoisotopic (exact) mass is 606 g/mol. The molecule has 0 unspecified atom stereocenters. The Morgan fingerprint density at radius 2 is 1.47 bits per heavy atom. The summed E-state index contributed by atoms with van der Waals surface area (Å²) in [6.45, 7) is 17.8. The van der Waals surface area contributed by atoms with Crippen molar-refractivity contribution in [3.05, 3.63) is 0 Å². The number of ketones is 1. The van der Waals surface area contributed by atoms with Crippen LogP contribution in [0.25, 0.3) is 0 Å². The van der Waals surface area contributed by atoms with Gasteiger partial charge in [-0.25, -0.2) is 0 Å². The molecule has 0 saturated carbocycles. The molecule has 0 aromatic rings. The molecular weight excluding hydrogens is 548 g/mol. The Morgan fingerprint density at radius 3 is 1.91 bits per heavy atom. The highest BCUT2D eigenvalue weighted by Gasteiger charge is 2.59. The van der Waals surface area contributed by atoms with Crippen LogP contribution in [0.15, 0.2) is 0 Å². The van der Waals surface area contributed by atoms with Crippen LogP contribution in [0.1, 0.15) is 88.0 Å². The maximum atomic E-state index is 14.9. The van der Waals surface area contributed by atoms with Crippen molar-refractivity contribution < 1.29 is 24.0 Å². The maximum Gasteiger partial charge on any atom is 0.254 e. The summed E-state index contributed by atoms with van der Waals surface area (Å²) >= 11 is 0. The van der Waals surface area contributed by atoms with Gasteiger partial charge in [0.25, 0.3) is 5.91 Å². The van der Waals surface area contributed by atoms with Crippen molar-refractivity contribution in [2.24, 2.45) is 17.8 Å². The van der Waals surface area contributed by atoms with Gasteiger partial charge in [-0.2, -0.15) is 0 Å². The second-order valence-electron chi connectivity index (χ2n) is 14.7. The van der Waals surface area contributed by atoms with E-state index in [-0.39, 0.29) is 42.5 Å². The second kappa shape index (κ2) is 14.5. The number of rotatable bonds is 12. The number of hydrogen-bond acceptors (Lipinski definition) is 7. The third-order valence-electron chi connectivity index (χ3n) is 8.63. The number of carbonyl (C=O) groups excluding carboxylic acids is 5. The zero-order valence-electron chi connectivity index (χ0n) is 28.7. The molecule has 2 fully saturated rings. The lowest BCUT2D eigenvalue weighted by molar-refractivity contribution is -0.159. The van der Waals surface area contributed by atoms with E-state index in [0.717, 1.165) is 6.42 Å². The number of carbonyl (C=O) groups is 5. The molecule has 2 heterocycles. The van der Waals surface area contributed by atoms with Crippen molar-refractivity contribution >= 4 is 29.4 Å². The Morgan fingerprint density at radius 1 is 0.884 bits per heavy atom. The van der Waals surface area contributed by atoms with Crippen LogP contribution in [0.3, 0.4) is 0 Å². The van der Waals surface area contributed by atoms with Gasteiger partial charge in [0, 0.05) is 19.1 Å². The molecule has 2 rings (SSSR count). The fraction of sp³-hybridized carbons (Fsp3) is 0.844. The van der Waals surface area contributed by atoms with Crippen molar-refractivity contribution in [3.8, 4) is 0 Å². The average Bonchev–Trinajstić information content (AvgIpc) is 3.55. The Bertz CT molecular complexity index is 1020. The van der Waals surface area contributed by atoms with Gasteiger partial charge in [0.1, 0.15) is 6.04 Å². The summed E-state index contributed by atoms with van der Waals surface area (Å²) in [7, 11) is 5.22. The highest BCUT2D eigenvalue weighted by molar-refractivity contribution is 6.16. The quantitative estimate of drug-likeness (QED) is 0.289. The van der Waals surface area contributed by atoms with Gasteiger partial charge in [-0.05, 0) is 84.8 Å². The third kappa shape index (κ3) is 8.15. The van der Waals surface area contributed by atoms with E-state index in [4.69, 9.17) is 0 Å². The molecule has 43 heavy (non-hydrogen) atoms. The SMILES string of the molecule is CC(C)[C@H](NC(=O)[C@H](C(C)C)N(C)C)C(=O)N(C)[C@H](C(=O)[C@@]1(C(=O)NC(C)(C)C)CCCN1C(=O)[C@@H]1CCCN1)C(C)C. The first-order valence-corrected chi connectivity index (χ1v) is 15.9. The van der Waals surface area contributed by atoms with E-state index in [1.807, 2.05) is 81.3 Å². The van der Waals surface area contributed by atoms with Crippen LogP contribution in [-0.4, -0.2) is 114 Å². The smallest absolute Gasteiger partial charge is 0.254 e. The van der Waals surface area contributed by atoms with E-state index < -0.39 is 52.8 Å². The zero-order valence-corrected chi connectivity index (χ0v) is 28.7. The summed E-state index contributed by atoms with van der Waals surface area (Å²) in [6, 6.07) is -2.77. The molecule has 0 radical (unpaired) electrons. The summed E-state index contributed by atoms with van der Waals surface area (Å²) in [4.78, 5) is 75.0. The molecule has 0 aromatic heterocycles. The minimum atomic E-state index is -1.75. The second-order valence-corrected chi connectivity index (χ2v) is 14.7. The van der Waals surface area contributed by atoms with Crippen LogP contribution < -0.4 is 16.0 Å². The summed E-state index contributed by atoms with van der Waals surface area (Å²) < 4.78 is 0. The van der Waals surface area contributed by atoms with Crippen molar-refractivity contribution in [3.63, 3.8) is 0 Å². The lowest BCUT2D eigenvalue weighted by atomic mass is 9.80. The zero-order chi connectivity index (χ0) is 33.0. The Kier molecular flexibility index (Phi) is 12.4. The number of nitrogens with zero attached hydrogens (tertiary/aromatic N) is 3. The van der Waals surface area contributed by atoms with E-state index in [1.54, 1.807) is 7.05 Å². The predicted octanol–water partition coefficient (Wildman–Crippen LogP) is 1.79. The first-order chi connectivity index (χ1) is 19.8. The topological polar surface area (TPSA) is 131 Å². The van der Waals surface area contributed by atoms with Crippen molar-refractivity contribution in [2.75, 3.05) is 34.2 Å². The van der Waals surface area contributed by atoms with Gasteiger partial charge in [0.05, 0.1) is 18.1 Å². The number of amides is 4. The van der Waals surface area contributed by atoms with Crippen molar-refractivity contribution in [1.29, 1.82) is 0 Å². The van der Waals surface area contributed by atoms with Crippen LogP contribution in [0.2, 0.25) is 0 Å². The summed E-state index contributed by atoms with van der Waals surface area (Å²) in [5, 5.41) is 9.15. The van der Waals surface area contributed by atoms with Crippen molar-refractivity contribution in [2.45, 2.75) is 123 Å². The summed E-state index contributed by atoms with van der Waals surface area (Å²) in [5.41, 5.74) is -2.39. The molecule has 0 bridgehead atoms. The van der Waals surface area contributed by atoms with Gasteiger partial charge in [0.15, 0.2) is 11.3 Å². The van der Waals surface area contributed by atoms with Gasteiger partial charge in [-0.1, -0.05) is 41.5 Å². The molecule has 5 atom stereocenters. The van der Waals surface area contributed by atoms with Gasteiger partial charge >= 0.3 is 0 Å². The average molecular weight is 607 g/mol. The largest absolute Gasteiger partial charge is 0.349 e. The molecule has 0 aliphatic carbocycles. The molecule has 2 aliphatic heterocycles. The van der Waals surface area contributed by atoms with E-state index in [1.165, 1.54) is 9.80 Å². The van der Waals surface area contributed by atoms with Crippen LogP contribution in [0.4, 0.5) is 0 Å². The number of nitrogens with one attached hydrogen (secondary N) is 3. The van der Waals surface area contributed by atoms with Crippen LogP contribution in [0, 0.1) is 17.8 Å². The molecule has 0 spiro atoms. The maximum absolute atomic E-state index is 14.9. The van der Waals surface area contributed by atoms with E-state index in [9.17, 15) is 24.0 Å². The molecule has 0 aromatic carbocycles. The molecule has 246 valence electrons. The Labute approximate surface area is 259 Å². The first-order valence-electron chi connectivity index (χ1n) is 15.9. The van der Waals surface area contributed by atoms with Gasteiger partial charge in [-0.3, -0.25) is 28.9 Å². The normalized spacial score (nSPS) is 23.1. The van der Waals surface area contributed by atoms with Crippen molar-refractivity contribution in [1.82, 2.24) is 30.7 Å². The number of likely N-dealkylation sites (tertiary alicyclic amines) is 1. The lowest BCUT2D eigenvalue weighted by Crippen LogP contribution is -2.70. The highest BCUT2D eigenvalue weighted by Crippen LogP contribution is 2.36. The highest BCUT2D eigenvalue weighted by atomic mass is 16.2. The van der Waals surface area contributed by atoms with E-state index in [0.29, 0.717) is 19.4 Å². The fourth-order valence-corrected chi connectivity index (χ4v) is 6.66. The summed E-state index contributed by atoms with van der Waals surface area (Å²) in [5.74, 6) is -2.50. The first kappa shape index (κ1) is 36.7. The molecule has 2 aliphatic rings. The summed E-state index contributed by atoms with van der Waals surface area (Å²) in [6.07, 6.45) is 2.17. The fourth-order valence-electron chi connectivity index (χ4n) is 6.66. The molecular formula is C32H58N6O5. The number of Topliss-reactive ketones (excluding diaryl/α,β-unsaturated/α-hetero) is 1. The number of hydrogen-bond donors (Lipinski definition) is 3. The van der Waals surface area contributed by atoms with Gasteiger partial charge in [0.2, 0.25) is 17.7 Å². The van der Waals surface area contributed by atoms with Crippen LogP contribution in [0.5, 0.6) is 0 Å². The predicted molar refractivity (Wildman–Crippen MR) is 168 cm³/mol. The molecule has 11 heteroatoms. The van der Waals surface area contributed by atoms with E-state index >= 15 is 0 Å². The minimum absolute atomic E-state index is 0.0158. The molecule has 11 nitrogen and oxygen atoms in total. The third-order valence-corrected chi connectivity index (χ3v) is 8.63. The Balaban J connectivity index is 2.54. The number of likely N-dealkylation sites (N-methyl/N-ethyl adjacent to an activating group) is 2. The standard InChI is InChI=1S/C32H58N6O5/c1-19(2)23(34-27(40)25(21(5)6)36(10)11)29(42)37(12)24(20(3)4)26(39)32(30(43)35-31(7,8)9)16-14-18-38(32)28(41)22-15-13-17-33-22/h19-25,33H,13-18H2,1-12H3,(H,34,40)(H,35,43)/t22-,23-,24-,25-,32+/m0/s1. The molecule has 3 N–H and O–H groups in total. The molecule has 2 saturated heterocycles. The van der Waals surface area contributed by atoms with Gasteiger partial charge in [-0.15, -0.1) is 0 Å². The lowest BCUT2D eigenvalue weighted by Gasteiger charge is -2.43. The Hall–Kier alpha value is -2.53. The minimum Gasteiger partial charge on any atom is -0.349 e. The van der Waals surface area contributed by atoms with Crippen LogP contribution >= 0.6 is 0 Å². The van der Waals surface area contributed by atoms with Gasteiger partial charge < -0.3 is 25.8 Å².